The van der Waals surface area contributed by atoms with Crippen molar-refractivity contribution in [3.05, 3.63) is 65.2 Å². The highest BCUT2D eigenvalue weighted by Gasteiger charge is 2.25. The molecule has 8 heteroatoms. The molecular weight excluding hydrogens is 385 g/mol. The summed E-state index contributed by atoms with van der Waals surface area (Å²) in [6.45, 7) is 5.52. The number of carbonyl (C=O) groups is 2. The van der Waals surface area contributed by atoms with Gasteiger partial charge >= 0.3 is 6.03 Å². The highest BCUT2D eigenvalue weighted by atomic mass is 19.1. The first-order chi connectivity index (χ1) is 14.4. The molecule has 0 aliphatic carbocycles. The molecule has 0 saturated carbocycles. The third-order valence-corrected chi connectivity index (χ3v) is 5.27. The molecule has 3 aromatic rings. The summed E-state index contributed by atoms with van der Waals surface area (Å²) in [5.74, 6) is -0.444. The summed E-state index contributed by atoms with van der Waals surface area (Å²) in [5.41, 5.74) is 4.26. The van der Waals surface area contributed by atoms with Crippen LogP contribution in [0.3, 0.4) is 0 Å². The molecule has 1 aliphatic heterocycles. The Labute approximate surface area is 173 Å². The Balaban J connectivity index is 1.39. The van der Waals surface area contributed by atoms with Crippen molar-refractivity contribution in [1.29, 1.82) is 0 Å². The van der Waals surface area contributed by atoms with Crippen LogP contribution in [0.1, 0.15) is 21.7 Å². The van der Waals surface area contributed by atoms with Gasteiger partial charge in [0.15, 0.2) is 0 Å². The smallest absolute Gasteiger partial charge is 0.321 e. The number of amides is 3. The van der Waals surface area contributed by atoms with Gasteiger partial charge in [0, 0.05) is 37.4 Å². The number of nitrogens with zero attached hydrogens (tertiary/aromatic N) is 4. The summed E-state index contributed by atoms with van der Waals surface area (Å²) in [6.07, 6.45) is 0. The fourth-order valence-corrected chi connectivity index (χ4v) is 3.39. The molecule has 7 nitrogen and oxygen atoms in total. The number of anilines is 1. The third-order valence-electron chi connectivity index (χ3n) is 5.27. The largest absolute Gasteiger partial charge is 0.335 e. The van der Waals surface area contributed by atoms with E-state index in [2.05, 4.69) is 15.3 Å². The molecule has 1 saturated heterocycles. The zero-order chi connectivity index (χ0) is 21.3. The van der Waals surface area contributed by atoms with E-state index in [4.69, 9.17) is 0 Å². The topological polar surface area (TPSA) is 78.4 Å². The van der Waals surface area contributed by atoms with Crippen LogP contribution in [0, 0.1) is 19.7 Å². The van der Waals surface area contributed by atoms with Gasteiger partial charge in [-0.3, -0.25) is 4.79 Å². The van der Waals surface area contributed by atoms with E-state index < -0.39 is 0 Å². The first-order valence-corrected chi connectivity index (χ1v) is 9.76. The predicted octanol–water partition coefficient (Wildman–Crippen LogP) is 3.38. The quantitative estimate of drug-likeness (QED) is 0.707. The molecule has 0 atom stereocenters. The van der Waals surface area contributed by atoms with Gasteiger partial charge < -0.3 is 15.1 Å². The van der Waals surface area contributed by atoms with Crippen LogP contribution in [-0.4, -0.2) is 57.9 Å². The molecule has 1 aliphatic rings. The van der Waals surface area contributed by atoms with Gasteiger partial charge in [0.25, 0.3) is 5.91 Å². The van der Waals surface area contributed by atoms with Gasteiger partial charge in [-0.25, -0.2) is 19.2 Å². The summed E-state index contributed by atoms with van der Waals surface area (Å²) in [7, 11) is 0. The van der Waals surface area contributed by atoms with Gasteiger partial charge in [-0.05, 0) is 56.3 Å². The molecule has 1 fully saturated rings. The zero-order valence-electron chi connectivity index (χ0n) is 16.9. The van der Waals surface area contributed by atoms with E-state index in [9.17, 15) is 14.0 Å². The van der Waals surface area contributed by atoms with Crippen LogP contribution in [0.2, 0.25) is 0 Å². The Bertz CT molecular complexity index is 1110. The SMILES string of the molecule is Cc1nc2ccc(C(=O)N3CCN(C(=O)Nc4ccc(F)cc4)CC3)cc2nc1C. The second-order valence-corrected chi connectivity index (χ2v) is 7.31. The van der Waals surface area contributed by atoms with Crippen molar-refractivity contribution in [1.82, 2.24) is 19.8 Å². The van der Waals surface area contributed by atoms with Crippen LogP contribution in [0.4, 0.5) is 14.9 Å². The minimum atomic E-state index is -0.356. The number of aromatic nitrogens is 2. The number of aryl methyl sites for hydroxylation is 2. The lowest BCUT2D eigenvalue weighted by Gasteiger charge is -2.34. The van der Waals surface area contributed by atoms with Crippen LogP contribution in [0.15, 0.2) is 42.5 Å². The maximum absolute atomic E-state index is 13.0. The summed E-state index contributed by atoms with van der Waals surface area (Å²) in [4.78, 5) is 37.7. The zero-order valence-corrected chi connectivity index (χ0v) is 16.9. The number of halogens is 1. The Morgan fingerprint density at radius 3 is 2.13 bits per heavy atom. The summed E-state index contributed by atoms with van der Waals surface area (Å²) in [5, 5.41) is 2.75. The lowest BCUT2D eigenvalue weighted by molar-refractivity contribution is 0.0672. The standard InChI is InChI=1S/C22H22FN5O2/c1-14-15(2)25-20-13-16(3-8-19(20)24-14)21(29)27-9-11-28(12-10-27)22(30)26-18-6-4-17(23)5-7-18/h3-8,13H,9-12H2,1-2H3,(H,26,30). The fourth-order valence-electron chi connectivity index (χ4n) is 3.39. The second kappa shape index (κ2) is 8.06. The molecule has 2 aromatic carbocycles. The maximum atomic E-state index is 13.0. The molecule has 30 heavy (non-hydrogen) atoms. The molecule has 2 heterocycles. The lowest BCUT2D eigenvalue weighted by Crippen LogP contribution is -2.51. The van der Waals surface area contributed by atoms with Gasteiger partial charge in [-0.15, -0.1) is 0 Å². The number of rotatable bonds is 2. The average molecular weight is 407 g/mol. The van der Waals surface area contributed by atoms with Crippen molar-refractivity contribution >= 4 is 28.7 Å². The van der Waals surface area contributed by atoms with E-state index in [-0.39, 0.29) is 17.8 Å². The number of piperazine rings is 1. The van der Waals surface area contributed by atoms with Crippen LogP contribution < -0.4 is 5.32 Å². The van der Waals surface area contributed by atoms with Crippen LogP contribution in [0.25, 0.3) is 11.0 Å². The van der Waals surface area contributed by atoms with Crippen molar-refractivity contribution in [2.75, 3.05) is 31.5 Å². The molecule has 0 radical (unpaired) electrons. The molecule has 0 unspecified atom stereocenters. The van der Waals surface area contributed by atoms with Crippen molar-refractivity contribution in [2.45, 2.75) is 13.8 Å². The highest BCUT2D eigenvalue weighted by Crippen LogP contribution is 2.17. The lowest BCUT2D eigenvalue weighted by atomic mass is 10.1. The molecule has 3 amide bonds. The normalized spacial score (nSPS) is 14.1. The number of hydrogen-bond donors (Lipinski definition) is 1. The van der Waals surface area contributed by atoms with Crippen molar-refractivity contribution < 1.29 is 14.0 Å². The van der Waals surface area contributed by atoms with Gasteiger partial charge in [0.05, 0.1) is 22.4 Å². The predicted molar refractivity (Wildman–Crippen MR) is 112 cm³/mol. The number of carbonyl (C=O) groups excluding carboxylic acids is 2. The monoisotopic (exact) mass is 407 g/mol. The van der Waals surface area contributed by atoms with E-state index in [0.29, 0.717) is 42.9 Å². The molecule has 154 valence electrons. The van der Waals surface area contributed by atoms with Crippen LogP contribution in [-0.2, 0) is 0 Å². The maximum Gasteiger partial charge on any atom is 0.321 e. The Kier molecular flexibility index (Phi) is 5.31. The highest BCUT2D eigenvalue weighted by molar-refractivity contribution is 5.97. The molecule has 0 spiro atoms. The number of fused-ring (bicyclic) bond motifs is 1. The molecule has 1 N–H and O–H groups in total. The number of urea groups is 1. The van der Waals surface area contributed by atoms with Crippen molar-refractivity contribution in [3.63, 3.8) is 0 Å². The Hall–Kier alpha value is -3.55. The summed E-state index contributed by atoms with van der Waals surface area (Å²) in [6, 6.07) is 10.7. The van der Waals surface area contributed by atoms with Crippen LogP contribution in [0.5, 0.6) is 0 Å². The summed E-state index contributed by atoms with van der Waals surface area (Å²) < 4.78 is 13.0. The van der Waals surface area contributed by atoms with E-state index in [1.165, 1.54) is 24.3 Å². The van der Waals surface area contributed by atoms with E-state index >= 15 is 0 Å². The van der Waals surface area contributed by atoms with Gasteiger partial charge in [-0.2, -0.15) is 0 Å². The Morgan fingerprint density at radius 2 is 1.47 bits per heavy atom. The number of hydrogen-bond acceptors (Lipinski definition) is 4. The van der Waals surface area contributed by atoms with E-state index in [1.54, 1.807) is 21.9 Å². The Morgan fingerprint density at radius 1 is 0.867 bits per heavy atom. The number of nitrogens with one attached hydrogen (secondary N) is 1. The first-order valence-electron chi connectivity index (χ1n) is 9.76. The van der Waals surface area contributed by atoms with Crippen molar-refractivity contribution in [3.8, 4) is 0 Å². The summed E-state index contributed by atoms with van der Waals surface area (Å²) >= 11 is 0. The molecule has 4 rings (SSSR count). The fraction of sp³-hybridized carbons (Fsp3) is 0.273. The average Bonchev–Trinajstić information content (AvgIpc) is 2.75. The molecular formula is C22H22FN5O2. The van der Waals surface area contributed by atoms with Crippen LogP contribution >= 0.6 is 0 Å². The van der Waals surface area contributed by atoms with Crippen molar-refractivity contribution in [2.24, 2.45) is 0 Å². The van der Waals surface area contributed by atoms with E-state index in [0.717, 1.165) is 16.9 Å². The number of benzene rings is 2. The molecule has 0 bridgehead atoms. The third kappa shape index (κ3) is 4.07. The first kappa shape index (κ1) is 19.8. The van der Waals surface area contributed by atoms with Gasteiger partial charge in [0.1, 0.15) is 5.82 Å². The van der Waals surface area contributed by atoms with Gasteiger partial charge in [-0.1, -0.05) is 0 Å². The van der Waals surface area contributed by atoms with E-state index in [1.807, 2.05) is 19.9 Å². The van der Waals surface area contributed by atoms with Gasteiger partial charge in [0.2, 0.25) is 0 Å². The molecule has 1 aromatic heterocycles. The second-order valence-electron chi connectivity index (χ2n) is 7.31. The minimum Gasteiger partial charge on any atom is -0.335 e. The minimum absolute atomic E-state index is 0.0875.